The summed E-state index contributed by atoms with van der Waals surface area (Å²) in [5.74, 6) is 1.58. The molecule has 0 unspecified atom stereocenters. The number of hydrogen-bond donors (Lipinski definition) is 0. The van der Waals surface area contributed by atoms with Crippen molar-refractivity contribution in [1.29, 1.82) is 0 Å². The first-order chi connectivity index (χ1) is 17.0. The highest BCUT2D eigenvalue weighted by molar-refractivity contribution is 5.77. The smallest absolute Gasteiger partial charge is 0.227 e. The van der Waals surface area contributed by atoms with Crippen molar-refractivity contribution in [2.24, 2.45) is 7.05 Å². The molecule has 6 rings (SSSR count). The molecular weight excluding hydrogens is 447 g/mol. The fourth-order valence-corrected chi connectivity index (χ4v) is 4.39. The highest BCUT2D eigenvalue weighted by Crippen LogP contribution is 2.44. The van der Waals surface area contributed by atoms with Crippen LogP contribution in [0.3, 0.4) is 0 Å². The molecule has 0 amide bonds. The molecular formula is C25H23FN8O. The molecule has 4 aromatic heterocycles. The Morgan fingerprint density at radius 2 is 1.97 bits per heavy atom. The molecule has 1 aliphatic rings. The van der Waals surface area contributed by atoms with Crippen molar-refractivity contribution < 1.29 is 9.13 Å². The van der Waals surface area contributed by atoms with Gasteiger partial charge in [-0.3, -0.25) is 0 Å². The topological polar surface area (TPSA) is 96.4 Å². The van der Waals surface area contributed by atoms with E-state index in [1.165, 1.54) is 12.4 Å². The number of methoxy groups -OCH3 is 1. The number of aryl methyl sites for hydroxylation is 2. The van der Waals surface area contributed by atoms with Crippen LogP contribution in [0.1, 0.15) is 35.7 Å². The summed E-state index contributed by atoms with van der Waals surface area (Å²) >= 11 is 0. The van der Waals surface area contributed by atoms with Crippen molar-refractivity contribution in [2.75, 3.05) is 7.11 Å². The third kappa shape index (κ3) is 3.80. The normalized spacial score (nSPS) is 13.5. The van der Waals surface area contributed by atoms with Crippen molar-refractivity contribution in [3.05, 3.63) is 65.9 Å². The van der Waals surface area contributed by atoms with E-state index in [4.69, 9.17) is 9.72 Å². The van der Waals surface area contributed by atoms with Gasteiger partial charge in [-0.25, -0.2) is 34.0 Å². The largest absolute Gasteiger partial charge is 0.480 e. The summed E-state index contributed by atoms with van der Waals surface area (Å²) in [7, 11) is 3.44. The van der Waals surface area contributed by atoms with Crippen LogP contribution in [-0.2, 0) is 13.6 Å². The van der Waals surface area contributed by atoms with E-state index in [1.54, 1.807) is 30.3 Å². The van der Waals surface area contributed by atoms with Gasteiger partial charge in [0, 0.05) is 25.4 Å². The average Bonchev–Trinajstić information content (AvgIpc) is 3.55. The predicted octanol–water partition coefficient (Wildman–Crippen LogP) is 4.07. The van der Waals surface area contributed by atoms with Gasteiger partial charge < -0.3 is 9.30 Å². The number of fused-ring (bicyclic) bond motifs is 1. The van der Waals surface area contributed by atoms with Crippen LogP contribution in [0.5, 0.6) is 5.88 Å². The lowest BCUT2D eigenvalue weighted by Gasteiger charge is -2.11. The fourth-order valence-electron chi connectivity index (χ4n) is 4.39. The SMILES string of the molecule is COc1ncnc(C2CC2)c1-c1ncc2cnn(Cc3ccc(-c4nc(C)cn4C)c(F)c3)c2n1. The molecule has 9 nitrogen and oxygen atoms in total. The third-order valence-electron chi connectivity index (χ3n) is 6.20. The first-order valence-electron chi connectivity index (χ1n) is 11.4. The van der Waals surface area contributed by atoms with Gasteiger partial charge in [0.15, 0.2) is 11.5 Å². The lowest BCUT2D eigenvalue weighted by atomic mass is 10.1. The Morgan fingerprint density at radius 3 is 2.69 bits per heavy atom. The Balaban J connectivity index is 1.37. The van der Waals surface area contributed by atoms with Crippen molar-refractivity contribution in [3.8, 4) is 28.7 Å². The van der Waals surface area contributed by atoms with Crippen molar-refractivity contribution in [2.45, 2.75) is 32.2 Å². The van der Waals surface area contributed by atoms with E-state index >= 15 is 4.39 Å². The Morgan fingerprint density at radius 1 is 1.11 bits per heavy atom. The van der Waals surface area contributed by atoms with E-state index in [1.807, 2.05) is 30.8 Å². The second-order valence-corrected chi connectivity index (χ2v) is 8.82. The first kappa shape index (κ1) is 21.3. The molecule has 0 spiro atoms. The van der Waals surface area contributed by atoms with Gasteiger partial charge in [0.25, 0.3) is 0 Å². The summed E-state index contributed by atoms with van der Waals surface area (Å²) in [6.45, 7) is 2.24. The molecule has 0 saturated heterocycles. The second kappa shape index (κ2) is 8.23. The van der Waals surface area contributed by atoms with Crippen LogP contribution < -0.4 is 4.74 Å². The minimum atomic E-state index is -0.330. The summed E-state index contributed by atoms with van der Waals surface area (Å²) < 4.78 is 24.1. The fraction of sp³-hybridized carbons (Fsp3) is 0.280. The Hall–Kier alpha value is -4.21. The number of halogens is 1. The van der Waals surface area contributed by atoms with Gasteiger partial charge in [-0.15, -0.1) is 0 Å². The van der Waals surface area contributed by atoms with Crippen LogP contribution in [0.25, 0.3) is 33.8 Å². The van der Waals surface area contributed by atoms with Gasteiger partial charge in [-0.1, -0.05) is 6.07 Å². The standard InChI is InChI=1S/C25H23FN8O/c1-14-11-33(2)24(31-14)18-7-4-15(8-19(18)26)12-34-23-17(10-30-34)9-27-22(32-23)20-21(16-5-6-16)28-13-29-25(20)35-3/h4,7-11,13,16H,5-6,12H2,1-3H3. The molecule has 1 saturated carbocycles. The van der Waals surface area contributed by atoms with Crippen LogP contribution in [0.2, 0.25) is 0 Å². The second-order valence-electron chi connectivity index (χ2n) is 8.82. The lowest BCUT2D eigenvalue weighted by Crippen LogP contribution is -2.06. The van der Waals surface area contributed by atoms with Crippen LogP contribution >= 0.6 is 0 Å². The monoisotopic (exact) mass is 470 g/mol. The average molecular weight is 471 g/mol. The Kier molecular flexibility index (Phi) is 5.01. The zero-order chi connectivity index (χ0) is 24.1. The number of nitrogens with zero attached hydrogens (tertiary/aromatic N) is 8. The van der Waals surface area contributed by atoms with Crippen molar-refractivity contribution in [1.82, 2.24) is 39.3 Å². The number of imidazole rings is 1. The van der Waals surface area contributed by atoms with Crippen molar-refractivity contribution >= 4 is 11.0 Å². The minimum absolute atomic E-state index is 0.330. The quantitative estimate of drug-likeness (QED) is 0.369. The van der Waals surface area contributed by atoms with E-state index < -0.39 is 0 Å². The van der Waals surface area contributed by atoms with Gasteiger partial charge in [0.2, 0.25) is 5.88 Å². The molecule has 1 fully saturated rings. The highest BCUT2D eigenvalue weighted by Gasteiger charge is 2.31. The third-order valence-corrected chi connectivity index (χ3v) is 6.20. The highest BCUT2D eigenvalue weighted by atomic mass is 19.1. The van der Waals surface area contributed by atoms with E-state index in [9.17, 15) is 0 Å². The molecule has 0 N–H and O–H groups in total. The number of rotatable bonds is 6. The van der Waals surface area contributed by atoms with Gasteiger partial charge in [-0.2, -0.15) is 5.10 Å². The molecule has 0 bridgehead atoms. The number of ether oxygens (including phenoxy) is 1. The summed E-state index contributed by atoms with van der Waals surface area (Å²) in [6, 6.07) is 5.16. The van der Waals surface area contributed by atoms with E-state index in [0.717, 1.165) is 35.2 Å². The molecule has 5 aromatic rings. The molecule has 176 valence electrons. The molecule has 0 radical (unpaired) electrons. The van der Waals surface area contributed by atoms with Crippen LogP contribution in [0, 0.1) is 12.7 Å². The zero-order valence-electron chi connectivity index (χ0n) is 19.6. The minimum Gasteiger partial charge on any atom is -0.480 e. The molecule has 0 atom stereocenters. The number of benzene rings is 1. The van der Waals surface area contributed by atoms with Crippen molar-refractivity contribution in [3.63, 3.8) is 0 Å². The maximum Gasteiger partial charge on any atom is 0.227 e. The molecule has 0 aliphatic heterocycles. The van der Waals surface area contributed by atoms with Gasteiger partial charge in [0.1, 0.15) is 23.5 Å². The molecule has 10 heteroatoms. The summed E-state index contributed by atoms with van der Waals surface area (Å²) in [5, 5.41) is 5.27. The van der Waals surface area contributed by atoms with Gasteiger partial charge in [-0.05, 0) is 37.5 Å². The van der Waals surface area contributed by atoms with E-state index in [-0.39, 0.29) is 5.82 Å². The molecule has 35 heavy (non-hydrogen) atoms. The zero-order valence-corrected chi connectivity index (χ0v) is 19.6. The van der Waals surface area contributed by atoms with Gasteiger partial charge >= 0.3 is 0 Å². The Labute approximate surface area is 200 Å². The maximum absolute atomic E-state index is 15.0. The number of aromatic nitrogens is 8. The molecule has 1 aliphatic carbocycles. The maximum atomic E-state index is 15.0. The first-order valence-corrected chi connectivity index (χ1v) is 11.4. The summed E-state index contributed by atoms with van der Waals surface area (Å²) in [6.07, 6.45) is 8.98. The Bertz CT molecular complexity index is 1570. The molecule has 4 heterocycles. The van der Waals surface area contributed by atoms with Crippen LogP contribution in [0.4, 0.5) is 4.39 Å². The van der Waals surface area contributed by atoms with Crippen LogP contribution in [-0.4, -0.2) is 46.4 Å². The molecule has 1 aromatic carbocycles. The van der Waals surface area contributed by atoms with Gasteiger partial charge in [0.05, 0.1) is 42.2 Å². The lowest BCUT2D eigenvalue weighted by molar-refractivity contribution is 0.397. The van der Waals surface area contributed by atoms with E-state index in [0.29, 0.717) is 46.8 Å². The van der Waals surface area contributed by atoms with E-state index in [2.05, 4.69) is 25.0 Å². The van der Waals surface area contributed by atoms with Crippen LogP contribution in [0.15, 0.2) is 43.1 Å². The summed E-state index contributed by atoms with van der Waals surface area (Å²) in [5.41, 5.74) is 4.34. The number of hydrogen-bond acceptors (Lipinski definition) is 7. The predicted molar refractivity (Wildman–Crippen MR) is 127 cm³/mol. The summed E-state index contributed by atoms with van der Waals surface area (Å²) in [4.78, 5) is 22.6.